The van der Waals surface area contributed by atoms with Gasteiger partial charge in [-0.1, -0.05) is 0 Å². The Morgan fingerprint density at radius 2 is 1.95 bits per heavy atom. The third-order valence-corrected chi connectivity index (χ3v) is 3.34. The molecule has 3 N–H and O–H groups in total. The number of carbonyl (C=O) groups is 2. The van der Waals surface area contributed by atoms with Crippen molar-refractivity contribution in [3.05, 3.63) is 17.8 Å². The standard InChI is InChI=1S/C11H16N4S.C2H2O4/c1-15(2)6-3-5-12-10-9-4-7-16-11(9)14-8-13-10;3-1(4)2(5)6/h4,7-8H,3,5-6H2,1-2H3,(H,12,13,14);(H,3,4)(H,5,6). The molecule has 0 aliphatic rings. The Labute approximate surface area is 131 Å². The third-order valence-electron chi connectivity index (χ3n) is 2.52. The summed E-state index contributed by atoms with van der Waals surface area (Å²) in [6.45, 7) is 2.03. The molecule has 0 fully saturated rings. The maximum absolute atomic E-state index is 9.10. The average molecular weight is 326 g/mol. The minimum Gasteiger partial charge on any atom is -0.473 e. The third kappa shape index (κ3) is 6.02. The van der Waals surface area contributed by atoms with Crippen molar-refractivity contribution < 1.29 is 19.8 Å². The van der Waals surface area contributed by atoms with E-state index in [1.165, 1.54) is 0 Å². The topological polar surface area (TPSA) is 116 Å². The van der Waals surface area contributed by atoms with Gasteiger partial charge < -0.3 is 20.4 Å². The van der Waals surface area contributed by atoms with Gasteiger partial charge >= 0.3 is 11.9 Å². The quantitative estimate of drug-likeness (QED) is 0.555. The number of hydrogen-bond acceptors (Lipinski definition) is 7. The van der Waals surface area contributed by atoms with Gasteiger partial charge in [-0.15, -0.1) is 11.3 Å². The molecule has 0 aromatic carbocycles. The summed E-state index contributed by atoms with van der Waals surface area (Å²) in [4.78, 5) is 29.9. The van der Waals surface area contributed by atoms with Gasteiger partial charge in [-0.3, -0.25) is 0 Å². The van der Waals surface area contributed by atoms with E-state index in [4.69, 9.17) is 19.8 Å². The van der Waals surface area contributed by atoms with Crippen LogP contribution in [-0.4, -0.2) is 64.2 Å². The van der Waals surface area contributed by atoms with Gasteiger partial charge in [0.05, 0.1) is 5.39 Å². The van der Waals surface area contributed by atoms with E-state index in [0.29, 0.717) is 0 Å². The molecule has 2 aromatic heterocycles. The van der Waals surface area contributed by atoms with Crippen LogP contribution in [0.4, 0.5) is 5.82 Å². The number of fused-ring (bicyclic) bond motifs is 1. The lowest BCUT2D eigenvalue weighted by Gasteiger charge is -2.10. The largest absolute Gasteiger partial charge is 0.473 e. The van der Waals surface area contributed by atoms with Crippen LogP contribution >= 0.6 is 11.3 Å². The molecule has 0 saturated heterocycles. The number of hydrogen-bond donors (Lipinski definition) is 3. The number of aromatic nitrogens is 2. The zero-order chi connectivity index (χ0) is 16.5. The number of thiophene rings is 1. The Kier molecular flexibility index (Phi) is 7.20. The molecule has 120 valence electrons. The van der Waals surface area contributed by atoms with E-state index >= 15 is 0 Å². The van der Waals surface area contributed by atoms with Gasteiger partial charge in [0.15, 0.2) is 0 Å². The number of nitrogens with zero attached hydrogens (tertiary/aromatic N) is 3. The van der Waals surface area contributed by atoms with Crippen LogP contribution in [0.5, 0.6) is 0 Å². The highest BCUT2D eigenvalue weighted by Gasteiger charge is 2.04. The molecule has 2 aromatic rings. The lowest BCUT2D eigenvalue weighted by molar-refractivity contribution is -0.159. The van der Waals surface area contributed by atoms with E-state index < -0.39 is 11.9 Å². The fourth-order valence-electron chi connectivity index (χ4n) is 1.53. The number of carboxylic acids is 2. The lowest BCUT2D eigenvalue weighted by atomic mass is 10.3. The number of anilines is 1. The first-order valence-corrected chi connectivity index (χ1v) is 7.32. The second-order valence-electron chi connectivity index (χ2n) is 4.56. The highest BCUT2D eigenvalue weighted by atomic mass is 32.1. The molecule has 2 heterocycles. The summed E-state index contributed by atoms with van der Waals surface area (Å²) in [5.74, 6) is -2.70. The SMILES string of the molecule is CN(C)CCCNc1ncnc2sccc12.O=C(O)C(=O)O. The van der Waals surface area contributed by atoms with E-state index in [-0.39, 0.29) is 0 Å². The molecule has 0 aliphatic carbocycles. The Morgan fingerprint density at radius 1 is 1.27 bits per heavy atom. The van der Waals surface area contributed by atoms with Gasteiger partial charge in [0, 0.05) is 6.54 Å². The minimum atomic E-state index is -1.82. The molecule has 0 unspecified atom stereocenters. The van der Waals surface area contributed by atoms with E-state index in [2.05, 4.69) is 40.3 Å². The van der Waals surface area contributed by atoms with Crippen LogP contribution in [0.1, 0.15) is 6.42 Å². The van der Waals surface area contributed by atoms with Gasteiger partial charge in [-0.25, -0.2) is 19.6 Å². The molecular weight excluding hydrogens is 308 g/mol. The van der Waals surface area contributed by atoms with Crippen molar-refractivity contribution in [3.8, 4) is 0 Å². The van der Waals surface area contributed by atoms with Gasteiger partial charge in [-0.05, 0) is 38.5 Å². The molecule has 0 amide bonds. The molecule has 0 saturated carbocycles. The summed E-state index contributed by atoms with van der Waals surface area (Å²) in [7, 11) is 4.17. The molecule has 0 radical (unpaired) electrons. The predicted molar refractivity (Wildman–Crippen MR) is 84.3 cm³/mol. The van der Waals surface area contributed by atoms with Crippen LogP contribution in [-0.2, 0) is 9.59 Å². The van der Waals surface area contributed by atoms with Crippen LogP contribution < -0.4 is 5.32 Å². The zero-order valence-electron chi connectivity index (χ0n) is 12.3. The lowest BCUT2D eigenvalue weighted by Crippen LogP contribution is -2.16. The van der Waals surface area contributed by atoms with E-state index in [0.717, 1.165) is 35.5 Å². The number of rotatable bonds is 5. The fourth-order valence-corrected chi connectivity index (χ4v) is 2.27. The van der Waals surface area contributed by atoms with E-state index in [9.17, 15) is 0 Å². The summed E-state index contributed by atoms with van der Waals surface area (Å²) in [5, 5.41) is 21.3. The Hall–Kier alpha value is -2.26. The maximum atomic E-state index is 9.10. The molecule has 8 nitrogen and oxygen atoms in total. The monoisotopic (exact) mass is 326 g/mol. The van der Waals surface area contributed by atoms with Crippen molar-refractivity contribution in [2.24, 2.45) is 0 Å². The summed E-state index contributed by atoms with van der Waals surface area (Å²) >= 11 is 1.65. The molecule has 0 spiro atoms. The summed E-state index contributed by atoms with van der Waals surface area (Å²) in [5.41, 5.74) is 0. The van der Waals surface area contributed by atoms with Crippen LogP contribution in [0, 0.1) is 0 Å². The molecule has 2 rings (SSSR count). The van der Waals surface area contributed by atoms with Crippen LogP contribution in [0.25, 0.3) is 10.2 Å². The van der Waals surface area contributed by atoms with Crippen LogP contribution in [0.15, 0.2) is 17.8 Å². The molecular formula is C13H18N4O4S. The van der Waals surface area contributed by atoms with Gasteiger partial charge in [-0.2, -0.15) is 0 Å². The minimum absolute atomic E-state index is 0.945. The highest BCUT2D eigenvalue weighted by molar-refractivity contribution is 7.16. The second-order valence-corrected chi connectivity index (χ2v) is 5.45. The van der Waals surface area contributed by atoms with Crippen molar-refractivity contribution in [2.75, 3.05) is 32.5 Å². The number of nitrogens with one attached hydrogen (secondary N) is 1. The Bertz CT molecular complexity index is 617. The summed E-state index contributed by atoms with van der Waals surface area (Å²) < 4.78 is 0. The van der Waals surface area contributed by atoms with Crippen molar-refractivity contribution in [2.45, 2.75) is 6.42 Å². The second kappa shape index (κ2) is 8.90. The molecule has 0 aliphatic heterocycles. The van der Waals surface area contributed by atoms with Crippen LogP contribution in [0.3, 0.4) is 0 Å². The van der Waals surface area contributed by atoms with Gasteiger partial charge in [0.25, 0.3) is 0 Å². The first-order chi connectivity index (χ1) is 10.4. The highest BCUT2D eigenvalue weighted by Crippen LogP contribution is 2.23. The predicted octanol–water partition coefficient (Wildman–Crippen LogP) is 1.21. The summed E-state index contributed by atoms with van der Waals surface area (Å²) in [6, 6.07) is 2.06. The van der Waals surface area contributed by atoms with Crippen molar-refractivity contribution >= 4 is 39.3 Å². The zero-order valence-corrected chi connectivity index (χ0v) is 13.1. The van der Waals surface area contributed by atoms with Crippen LogP contribution in [0.2, 0.25) is 0 Å². The molecule has 9 heteroatoms. The molecule has 0 atom stereocenters. The first-order valence-electron chi connectivity index (χ1n) is 6.45. The van der Waals surface area contributed by atoms with Crippen molar-refractivity contribution in [1.82, 2.24) is 14.9 Å². The van der Waals surface area contributed by atoms with Crippen molar-refractivity contribution in [3.63, 3.8) is 0 Å². The molecule has 22 heavy (non-hydrogen) atoms. The van der Waals surface area contributed by atoms with E-state index in [1.807, 2.05) is 5.38 Å². The van der Waals surface area contributed by atoms with Gasteiger partial charge in [0.2, 0.25) is 0 Å². The molecule has 0 bridgehead atoms. The number of aliphatic carboxylic acids is 2. The van der Waals surface area contributed by atoms with Crippen molar-refractivity contribution in [1.29, 1.82) is 0 Å². The van der Waals surface area contributed by atoms with E-state index in [1.54, 1.807) is 17.7 Å². The number of carboxylic acid groups (broad SMARTS) is 2. The smallest absolute Gasteiger partial charge is 0.414 e. The Morgan fingerprint density at radius 3 is 2.55 bits per heavy atom. The fraction of sp³-hybridized carbons (Fsp3) is 0.385. The van der Waals surface area contributed by atoms with Gasteiger partial charge in [0.1, 0.15) is 17.0 Å². The summed E-state index contributed by atoms with van der Waals surface area (Å²) in [6.07, 6.45) is 2.73. The normalized spacial score (nSPS) is 10.1. The average Bonchev–Trinajstić information content (AvgIpc) is 2.93. The Balaban J connectivity index is 0.000000346. The first kappa shape index (κ1) is 17.8. The maximum Gasteiger partial charge on any atom is 0.414 e.